The molecule has 5 atom stereocenters. The van der Waals surface area contributed by atoms with Crippen LogP contribution in [-0.4, -0.2) is 63.8 Å². The Morgan fingerprint density at radius 3 is 2.70 bits per heavy atom. The van der Waals surface area contributed by atoms with Gasteiger partial charge in [-0.2, -0.15) is 0 Å². The minimum absolute atomic E-state index is 0.0884. The highest BCUT2D eigenvalue weighted by Gasteiger charge is 2.38. The zero-order chi connectivity index (χ0) is 22.6. The predicted octanol–water partition coefficient (Wildman–Crippen LogP) is 1.71. The molecule has 1 aliphatic rings. The molecule has 1 aliphatic heterocycles. The van der Waals surface area contributed by atoms with E-state index in [1.54, 1.807) is 30.4 Å². The number of esters is 1. The molecule has 9 nitrogen and oxygen atoms in total. The van der Waals surface area contributed by atoms with Gasteiger partial charge < -0.3 is 24.9 Å². The molecule has 0 aromatic rings. The molecule has 4 N–H and O–H groups in total. The van der Waals surface area contributed by atoms with E-state index in [4.69, 9.17) is 14.4 Å². The molecule has 0 spiro atoms. The average Bonchev–Trinajstić information content (AvgIpc) is 2.68. The predicted molar refractivity (Wildman–Crippen MR) is 110 cm³/mol. The number of allylic oxidation sites excluding steroid dienone is 4. The summed E-state index contributed by atoms with van der Waals surface area (Å²) in [7, 11) is -3.49. The molecule has 1 unspecified atom stereocenters. The summed E-state index contributed by atoms with van der Waals surface area (Å²) in [5.74, 6) is -0.415. The van der Waals surface area contributed by atoms with Crippen LogP contribution >= 0.6 is 7.82 Å². The first-order valence-corrected chi connectivity index (χ1v) is 10.7. The fraction of sp³-hybridized carbons (Fsp3) is 0.450. The highest BCUT2D eigenvalue weighted by Crippen LogP contribution is 2.46. The van der Waals surface area contributed by atoms with Crippen molar-refractivity contribution in [2.24, 2.45) is 0 Å². The fourth-order valence-corrected chi connectivity index (χ4v) is 3.10. The molecular formula is C20H29O9P. The molecule has 1 heterocycles. The molecule has 0 saturated heterocycles. The maximum Gasteiger partial charge on any atom is 0.472 e. The summed E-state index contributed by atoms with van der Waals surface area (Å²) in [6.07, 6.45) is 12.1. The van der Waals surface area contributed by atoms with Gasteiger partial charge in [0.2, 0.25) is 0 Å². The smallest absolute Gasteiger partial charge is 0.454 e. The summed E-state index contributed by atoms with van der Waals surface area (Å²) in [5, 5.41) is 29.7. The first kappa shape index (κ1) is 26.2. The normalized spacial score (nSPS) is 23.8. The number of phosphoric acid groups is 1. The number of cyclic esters (lactones) is 1. The van der Waals surface area contributed by atoms with E-state index in [1.807, 2.05) is 0 Å². The van der Waals surface area contributed by atoms with Gasteiger partial charge in [-0.25, -0.2) is 4.57 Å². The minimum atomic E-state index is -4.47. The molecular weight excluding hydrogens is 415 g/mol. The Bertz CT molecular complexity index is 737. The molecule has 0 saturated carbocycles. The van der Waals surface area contributed by atoms with Crippen molar-refractivity contribution in [3.8, 4) is 0 Å². The Morgan fingerprint density at radius 1 is 1.37 bits per heavy atom. The van der Waals surface area contributed by atoms with E-state index < -0.39 is 37.7 Å². The van der Waals surface area contributed by atoms with Crippen LogP contribution in [0.1, 0.15) is 19.8 Å². The Balaban J connectivity index is 2.91. The van der Waals surface area contributed by atoms with Gasteiger partial charge in [0.25, 0.3) is 0 Å². The number of aliphatic hydroxyl groups excluding tert-OH is 2. The third kappa shape index (κ3) is 10.3. The summed E-state index contributed by atoms with van der Waals surface area (Å²) < 4.78 is 26.4. The second kappa shape index (κ2) is 12.8. The van der Waals surface area contributed by atoms with Gasteiger partial charge in [0.1, 0.15) is 17.8 Å². The SMILES string of the molecule is COP(=O)(O)O[C@H](C[C@@H](O)\C=C/C=C\C=C\CO)[C@](C)(O)/C=C/[C@H]1C=CCC(=O)O1. The third-order valence-electron chi connectivity index (χ3n) is 4.01. The van der Waals surface area contributed by atoms with Gasteiger partial charge >= 0.3 is 13.8 Å². The second-order valence-corrected chi connectivity index (χ2v) is 8.11. The standard InChI is InChI=1S/C20H29O9P/c1-20(24,13-12-17-10-8-11-19(23)28-17)18(29-30(25,26)27-2)15-16(22)9-6-4-3-5-7-14-21/h3-10,12-13,16-18,21-22,24H,11,14-15H2,1-2H3,(H,25,26)/b4-3-,7-5+,9-6-,13-12+/t16-,17+,18+,20+/m0/s1. The summed E-state index contributed by atoms with van der Waals surface area (Å²) in [4.78, 5) is 21.0. The Morgan fingerprint density at radius 2 is 2.07 bits per heavy atom. The lowest BCUT2D eigenvalue weighted by Crippen LogP contribution is -2.41. The first-order valence-electron chi connectivity index (χ1n) is 9.23. The van der Waals surface area contributed by atoms with Gasteiger partial charge in [-0.3, -0.25) is 13.8 Å². The van der Waals surface area contributed by atoms with Gasteiger partial charge in [0.15, 0.2) is 0 Å². The molecule has 0 aliphatic carbocycles. The van der Waals surface area contributed by atoms with Gasteiger partial charge in [-0.15, -0.1) is 0 Å². The van der Waals surface area contributed by atoms with Crippen molar-refractivity contribution in [3.63, 3.8) is 0 Å². The minimum Gasteiger partial charge on any atom is -0.454 e. The molecule has 0 radical (unpaired) electrons. The first-order chi connectivity index (χ1) is 14.1. The molecule has 0 aromatic carbocycles. The van der Waals surface area contributed by atoms with E-state index in [0.717, 1.165) is 7.11 Å². The van der Waals surface area contributed by atoms with Gasteiger partial charge in [0.05, 0.1) is 19.1 Å². The maximum atomic E-state index is 11.9. The largest absolute Gasteiger partial charge is 0.472 e. The van der Waals surface area contributed by atoms with Crippen LogP contribution in [0.15, 0.2) is 60.8 Å². The van der Waals surface area contributed by atoms with Crippen molar-refractivity contribution in [2.45, 2.75) is 43.7 Å². The zero-order valence-electron chi connectivity index (χ0n) is 16.9. The molecule has 10 heteroatoms. The van der Waals surface area contributed by atoms with Crippen molar-refractivity contribution in [3.05, 3.63) is 60.8 Å². The number of carbonyl (C=O) groups is 1. The average molecular weight is 444 g/mol. The van der Waals surface area contributed by atoms with Crippen LogP contribution in [0.25, 0.3) is 0 Å². The van der Waals surface area contributed by atoms with Crippen LogP contribution in [0.4, 0.5) is 0 Å². The van der Waals surface area contributed by atoms with Crippen molar-refractivity contribution in [1.82, 2.24) is 0 Å². The quantitative estimate of drug-likeness (QED) is 0.153. The van der Waals surface area contributed by atoms with Crippen LogP contribution in [0.2, 0.25) is 0 Å². The van der Waals surface area contributed by atoms with Crippen LogP contribution < -0.4 is 0 Å². The van der Waals surface area contributed by atoms with E-state index in [2.05, 4.69) is 4.52 Å². The molecule has 30 heavy (non-hydrogen) atoms. The fourth-order valence-electron chi connectivity index (χ4n) is 2.39. The summed E-state index contributed by atoms with van der Waals surface area (Å²) in [6.45, 7) is 1.24. The molecule has 0 bridgehead atoms. The number of hydrogen-bond acceptors (Lipinski definition) is 8. The second-order valence-electron chi connectivity index (χ2n) is 6.60. The molecule has 168 valence electrons. The van der Waals surface area contributed by atoms with Crippen LogP contribution in [0.3, 0.4) is 0 Å². The molecule has 0 aromatic heterocycles. The summed E-state index contributed by atoms with van der Waals surface area (Å²) in [5.41, 5.74) is -1.80. The van der Waals surface area contributed by atoms with Crippen LogP contribution in [-0.2, 0) is 23.1 Å². The third-order valence-corrected chi connectivity index (χ3v) is 4.99. The zero-order valence-corrected chi connectivity index (χ0v) is 17.8. The molecule has 0 fully saturated rings. The monoisotopic (exact) mass is 444 g/mol. The maximum absolute atomic E-state index is 11.9. The van der Waals surface area contributed by atoms with E-state index in [1.165, 1.54) is 37.3 Å². The van der Waals surface area contributed by atoms with Gasteiger partial charge in [0, 0.05) is 13.5 Å². The number of aliphatic hydroxyl groups is 3. The van der Waals surface area contributed by atoms with Crippen molar-refractivity contribution >= 4 is 13.8 Å². The number of carbonyl (C=O) groups excluding carboxylic acids is 1. The summed E-state index contributed by atoms with van der Waals surface area (Å²) >= 11 is 0. The lowest BCUT2D eigenvalue weighted by atomic mass is 9.93. The number of hydrogen-bond donors (Lipinski definition) is 4. The van der Waals surface area contributed by atoms with E-state index in [9.17, 15) is 24.5 Å². The Kier molecular flexibility index (Phi) is 11.1. The molecule has 1 rings (SSSR count). The lowest BCUT2D eigenvalue weighted by Gasteiger charge is -2.32. The van der Waals surface area contributed by atoms with Crippen LogP contribution in [0, 0.1) is 0 Å². The number of phosphoric ester groups is 1. The van der Waals surface area contributed by atoms with E-state index in [0.29, 0.717) is 0 Å². The highest BCUT2D eigenvalue weighted by atomic mass is 31.2. The Labute approximate surface area is 175 Å². The highest BCUT2D eigenvalue weighted by molar-refractivity contribution is 7.47. The number of ether oxygens (including phenoxy) is 1. The van der Waals surface area contributed by atoms with E-state index in [-0.39, 0.29) is 19.4 Å². The Hall–Kier alpha value is -1.84. The van der Waals surface area contributed by atoms with Crippen molar-refractivity contribution < 1.29 is 43.4 Å². The van der Waals surface area contributed by atoms with Gasteiger partial charge in [-0.05, 0) is 19.1 Å². The lowest BCUT2D eigenvalue weighted by molar-refractivity contribution is -0.145. The van der Waals surface area contributed by atoms with Gasteiger partial charge in [-0.1, -0.05) is 48.6 Å². The summed E-state index contributed by atoms with van der Waals surface area (Å²) in [6, 6.07) is 0. The number of rotatable bonds is 12. The van der Waals surface area contributed by atoms with Crippen molar-refractivity contribution in [1.29, 1.82) is 0 Å². The van der Waals surface area contributed by atoms with Crippen LogP contribution in [0.5, 0.6) is 0 Å². The van der Waals surface area contributed by atoms with Crippen molar-refractivity contribution in [2.75, 3.05) is 13.7 Å². The van der Waals surface area contributed by atoms with E-state index >= 15 is 0 Å². The topological polar surface area (TPSA) is 143 Å². The molecule has 0 amide bonds.